The molecule has 0 aliphatic carbocycles. The topological polar surface area (TPSA) is 36.0 Å². The molecular formula is C31H32ClF4N3O2. The Hall–Kier alpha value is -3.14. The van der Waals surface area contributed by atoms with Gasteiger partial charge < -0.3 is 14.5 Å². The number of carbonyl (C=O) groups excluding carboxylic acids is 1. The highest BCUT2D eigenvalue weighted by Gasteiger charge is 2.32. The van der Waals surface area contributed by atoms with Gasteiger partial charge in [0.25, 0.3) is 0 Å². The molecule has 5 rings (SSSR count). The smallest absolute Gasteiger partial charge is 0.378 e. The summed E-state index contributed by atoms with van der Waals surface area (Å²) in [4.78, 5) is 19.6. The normalized spacial score (nSPS) is 17.0. The van der Waals surface area contributed by atoms with E-state index in [9.17, 15) is 18.0 Å². The van der Waals surface area contributed by atoms with Crippen LogP contribution >= 0.6 is 11.6 Å². The van der Waals surface area contributed by atoms with E-state index in [0.29, 0.717) is 75.2 Å². The Morgan fingerprint density at radius 3 is 2.15 bits per heavy atom. The van der Waals surface area contributed by atoms with Gasteiger partial charge in [-0.3, -0.25) is 9.69 Å². The molecule has 2 aliphatic heterocycles. The van der Waals surface area contributed by atoms with Gasteiger partial charge in [-0.25, -0.2) is 4.39 Å². The lowest BCUT2D eigenvalue weighted by Gasteiger charge is -2.35. The Balaban J connectivity index is 1.28. The maximum absolute atomic E-state index is 15.3. The van der Waals surface area contributed by atoms with E-state index in [1.807, 2.05) is 17.0 Å². The summed E-state index contributed by atoms with van der Waals surface area (Å²) in [6, 6.07) is 17.4. The van der Waals surface area contributed by atoms with Crippen molar-refractivity contribution in [3.05, 3.63) is 94.3 Å². The summed E-state index contributed by atoms with van der Waals surface area (Å²) in [5.74, 6) is -0.717. The van der Waals surface area contributed by atoms with Gasteiger partial charge in [-0.1, -0.05) is 35.9 Å². The van der Waals surface area contributed by atoms with Crippen LogP contribution in [0.25, 0.3) is 0 Å². The van der Waals surface area contributed by atoms with Gasteiger partial charge in [0, 0.05) is 36.3 Å². The van der Waals surface area contributed by atoms with Gasteiger partial charge in [0.2, 0.25) is 5.91 Å². The molecule has 218 valence electrons. The van der Waals surface area contributed by atoms with Crippen LogP contribution in [-0.2, 0) is 28.8 Å². The average molecular weight is 590 g/mol. The third-order valence-electron chi connectivity index (χ3n) is 7.74. The van der Waals surface area contributed by atoms with Gasteiger partial charge in [0.05, 0.1) is 31.0 Å². The number of hydrogen-bond acceptors (Lipinski definition) is 4. The first-order valence-electron chi connectivity index (χ1n) is 13.7. The first-order valence-corrected chi connectivity index (χ1v) is 14.1. The average Bonchev–Trinajstić information content (AvgIpc) is 2.97. The Morgan fingerprint density at radius 2 is 1.54 bits per heavy atom. The minimum atomic E-state index is -4.36. The Bertz CT molecular complexity index is 1320. The molecule has 2 fully saturated rings. The maximum Gasteiger partial charge on any atom is 0.416 e. The molecule has 0 atom stereocenters. The van der Waals surface area contributed by atoms with Crippen LogP contribution in [0, 0.1) is 11.7 Å². The number of piperidine rings is 1. The molecule has 0 unspecified atom stereocenters. The van der Waals surface area contributed by atoms with Crippen molar-refractivity contribution in [2.24, 2.45) is 5.92 Å². The van der Waals surface area contributed by atoms with Crippen molar-refractivity contribution in [3.63, 3.8) is 0 Å². The van der Waals surface area contributed by atoms with Gasteiger partial charge in [-0.2, -0.15) is 13.2 Å². The van der Waals surface area contributed by atoms with Crippen LogP contribution in [0.15, 0.2) is 66.7 Å². The number of morpholine rings is 1. The van der Waals surface area contributed by atoms with E-state index in [0.717, 1.165) is 23.3 Å². The lowest BCUT2D eigenvalue weighted by atomic mass is 9.94. The molecule has 0 saturated carbocycles. The van der Waals surface area contributed by atoms with Crippen molar-refractivity contribution in [2.45, 2.75) is 32.1 Å². The molecule has 0 N–H and O–H groups in total. The highest BCUT2D eigenvalue weighted by molar-refractivity contribution is 6.30. The van der Waals surface area contributed by atoms with Crippen LogP contribution in [0.3, 0.4) is 0 Å². The van der Waals surface area contributed by atoms with Gasteiger partial charge in [-0.05, 0) is 79.5 Å². The highest BCUT2D eigenvalue weighted by atomic mass is 35.5. The van der Waals surface area contributed by atoms with E-state index >= 15 is 4.39 Å². The molecule has 0 bridgehead atoms. The van der Waals surface area contributed by atoms with Crippen molar-refractivity contribution in [2.75, 3.05) is 49.2 Å². The number of benzene rings is 3. The Kier molecular flexibility index (Phi) is 9.16. The van der Waals surface area contributed by atoms with Crippen molar-refractivity contribution >= 4 is 28.9 Å². The number of carbonyl (C=O) groups is 1. The molecule has 5 nitrogen and oxygen atoms in total. The minimum Gasteiger partial charge on any atom is -0.378 e. The maximum atomic E-state index is 15.3. The SMILES string of the molecule is O=C(C1CCN(Cc2ccc(C(F)(F)F)cc2)CC1)N(Cc1ccc(Cl)cc1)c1ccc(N2CCOCC2)c(F)c1. The third kappa shape index (κ3) is 7.39. The minimum absolute atomic E-state index is 0.0762. The summed E-state index contributed by atoms with van der Waals surface area (Å²) < 4.78 is 59.4. The second kappa shape index (κ2) is 12.8. The number of rotatable bonds is 7. The predicted molar refractivity (Wildman–Crippen MR) is 152 cm³/mol. The van der Waals surface area contributed by atoms with Gasteiger partial charge in [0.1, 0.15) is 5.82 Å². The first-order chi connectivity index (χ1) is 19.7. The molecule has 2 saturated heterocycles. The molecular weight excluding hydrogens is 558 g/mol. The molecule has 0 radical (unpaired) electrons. The highest BCUT2D eigenvalue weighted by Crippen LogP contribution is 2.31. The zero-order valence-corrected chi connectivity index (χ0v) is 23.3. The zero-order chi connectivity index (χ0) is 29.0. The second-order valence-corrected chi connectivity index (χ2v) is 11.0. The fraction of sp³-hybridized carbons (Fsp3) is 0.387. The summed E-state index contributed by atoms with van der Waals surface area (Å²) in [5, 5.41) is 0.591. The summed E-state index contributed by atoms with van der Waals surface area (Å²) in [5.41, 5.74) is 1.99. The van der Waals surface area contributed by atoms with Crippen LogP contribution in [-0.4, -0.2) is 50.2 Å². The lowest BCUT2D eigenvalue weighted by molar-refractivity contribution is -0.137. The fourth-order valence-electron chi connectivity index (χ4n) is 5.41. The first kappa shape index (κ1) is 29.4. The molecule has 1 amide bonds. The largest absolute Gasteiger partial charge is 0.416 e. The summed E-state index contributed by atoms with van der Waals surface area (Å²) in [6.45, 7) is 4.36. The number of alkyl halides is 3. The van der Waals surface area contributed by atoms with Gasteiger partial charge in [0.15, 0.2) is 0 Å². The number of likely N-dealkylation sites (tertiary alicyclic amines) is 1. The zero-order valence-electron chi connectivity index (χ0n) is 22.5. The Labute approximate surface area is 242 Å². The number of nitrogens with zero attached hydrogens (tertiary/aromatic N) is 3. The van der Waals surface area contributed by atoms with E-state index in [2.05, 4.69) is 4.90 Å². The van der Waals surface area contributed by atoms with E-state index in [1.165, 1.54) is 18.2 Å². The predicted octanol–water partition coefficient (Wildman–Crippen LogP) is 6.78. The molecule has 3 aromatic rings. The molecule has 10 heteroatoms. The molecule has 2 aliphatic rings. The molecule has 2 heterocycles. The van der Waals surface area contributed by atoms with Crippen molar-refractivity contribution in [1.29, 1.82) is 0 Å². The number of halogens is 5. The van der Waals surface area contributed by atoms with Crippen LogP contribution in [0.4, 0.5) is 28.9 Å². The number of anilines is 2. The van der Waals surface area contributed by atoms with Crippen LogP contribution in [0.1, 0.15) is 29.5 Å². The third-order valence-corrected chi connectivity index (χ3v) is 7.99. The van der Waals surface area contributed by atoms with Gasteiger partial charge in [-0.15, -0.1) is 0 Å². The molecule has 41 heavy (non-hydrogen) atoms. The van der Waals surface area contributed by atoms with Crippen molar-refractivity contribution in [1.82, 2.24) is 4.90 Å². The summed E-state index contributed by atoms with van der Waals surface area (Å²) in [7, 11) is 0. The van der Waals surface area contributed by atoms with E-state index in [1.54, 1.807) is 29.2 Å². The number of hydrogen-bond donors (Lipinski definition) is 0. The standard InChI is InChI=1S/C31H32ClF4N3O2/c32-26-7-3-23(4-8-26)21-39(27-9-10-29(28(33)19-27)38-15-17-41-18-16-38)30(40)24-11-13-37(14-12-24)20-22-1-5-25(6-2-22)31(34,35)36/h1-10,19,24H,11-18,20-21H2. The number of ether oxygens (including phenoxy) is 1. The van der Waals surface area contributed by atoms with Crippen molar-refractivity contribution < 1.29 is 27.1 Å². The lowest BCUT2D eigenvalue weighted by Crippen LogP contribution is -2.42. The van der Waals surface area contributed by atoms with Gasteiger partial charge >= 0.3 is 6.18 Å². The van der Waals surface area contributed by atoms with E-state index in [4.69, 9.17) is 16.3 Å². The summed E-state index contributed by atoms with van der Waals surface area (Å²) >= 11 is 6.06. The quantitative estimate of drug-likeness (QED) is 0.285. The Morgan fingerprint density at radius 1 is 0.902 bits per heavy atom. The van der Waals surface area contributed by atoms with Crippen LogP contribution in [0.2, 0.25) is 5.02 Å². The monoisotopic (exact) mass is 589 g/mol. The molecule has 3 aromatic carbocycles. The van der Waals surface area contributed by atoms with E-state index in [-0.39, 0.29) is 24.2 Å². The number of amides is 1. The second-order valence-electron chi connectivity index (χ2n) is 10.5. The van der Waals surface area contributed by atoms with E-state index < -0.39 is 11.7 Å². The summed E-state index contributed by atoms with van der Waals surface area (Å²) in [6.07, 6.45) is -3.16. The fourth-order valence-corrected chi connectivity index (χ4v) is 5.53. The molecule has 0 spiro atoms. The van der Waals surface area contributed by atoms with Crippen LogP contribution < -0.4 is 9.80 Å². The van der Waals surface area contributed by atoms with Crippen LogP contribution in [0.5, 0.6) is 0 Å². The molecule has 0 aromatic heterocycles. The van der Waals surface area contributed by atoms with Crippen molar-refractivity contribution in [3.8, 4) is 0 Å².